The van der Waals surface area contributed by atoms with E-state index < -0.39 is 28.1 Å². The van der Waals surface area contributed by atoms with E-state index in [0.717, 1.165) is 0 Å². The molecule has 7 nitrogen and oxygen atoms in total. The molecule has 1 fully saturated rings. The minimum Gasteiger partial charge on any atom is -0.347 e. The van der Waals surface area contributed by atoms with Crippen LogP contribution in [0.4, 0.5) is 9.57 Å². The Hall–Kier alpha value is -2.00. The van der Waals surface area contributed by atoms with Gasteiger partial charge < -0.3 is 10.6 Å². The van der Waals surface area contributed by atoms with E-state index in [2.05, 4.69) is 10.6 Å². The van der Waals surface area contributed by atoms with Gasteiger partial charge in [0, 0.05) is 18.8 Å². The summed E-state index contributed by atoms with van der Waals surface area (Å²) in [5.74, 6) is -1.50. The van der Waals surface area contributed by atoms with Gasteiger partial charge in [-0.1, -0.05) is 22.1 Å². The zero-order valence-corrected chi connectivity index (χ0v) is 11.8. The van der Waals surface area contributed by atoms with Crippen LogP contribution < -0.4 is 10.6 Å². The van der Waals surface area contributed by atoms with Gasteiger partial charge in [-0.2, -0.15) is 12.7 Å². The highest BCUT2D eigenvalue weighted by Crippen LogP contribution is 2.20. The maximum Gasteiger partial charge on any atom is 0.374 e. The van der Waals surface area contributed by atoms with Gasteiger partial charge in [0.05, 0.1) is 12.5 Å². The third-order valence-electron chi connectivity index (χ3n) is 3.01. The van der Waals surface area contributed by atoms with Crippen molar-refractivity contribution in [2.75, 3.05) is 25.0 Å². The first-order valence-corrected chi connectivity index (χ1v) is 7.52. The van der Waals surface area contributed by atoms with Gasteiger partial charge in [-0.05, 0) is 12.1 Å². The lowest BCUT2D eigenvalue weighted by molar-refractivity contribution is -0.130. The van der Waals surface area contributed by atoms with Crippen molar-refractivity contribution in [2.24, 2.45) is 5.92 Å². The lowest BCUT2D eigenvalue weighted by Gasteiger charge is -2.33. The summed E-state index contributed by atoms with van der Waals surface area (Å²) in [7, 11) is -4.73. The summed E-state index contributed by atoms with van der Waals surface area (Å²) in [5.41, 5.74) is 0.607. The van der Waals surface area contributed by atoms with E-state index in [1.54, 1.807) is 30.3 Å². The fourth-order valence-corrected chi connectivity index (χ4v) is 2.54. The molecule has 1 aromatic rings. The molecule has 0 saturated carbocycles. The van der Waals surface area contributed by atoms with Crippen LogP contribution in [-0.2, 0) is 20.0 Å². The number of amides is 2. The van der Waals surface area contributed by atoms with Crippen LogP contribution in [0, 0.1) is 5.92 Å². The van der Waals surface area contributed by atoms with E-state index in [4.69, 9.17) is 0 Å². The molecule has 2 rings (SSSR count). The Morgan fingerprint density at radius 3 is 2.43 bits per heavy atom. The Morgan fingerprint density at radius 1 is 1.24 bits per heavy atom. The predicted octanol–water partition coefficient (Wildman–Crippen LogP) is -0.113. The van der Waals surface area contributed by atoms with Gasteiger partial charge in [0.2, 0.25) is 11.8 Å². The third-order valence-corrected chi connectivity index (χ3v) is 3.92. The molecule has 0 radical (unpaired) electrons. The van der Waals surface area contributed by atoms with E-state index >= 15 is 0 Å². The first-order valence-electron chi connectivity index (χ1n) is 6.18. The van der Waals surface area contributed by atoms with Crippen molar-refractivity contribution in [3.05, 3.63) is 30.3 Å². The summed E-state index contributed by atoms with van der Waals surface area (Å²) in [6.45, 7) is -0.636. The van der Waals surface area contributed by atoms with E-state index in [1.165, 1.54) is 0 Å². The smallest absolute Gasteiger partial charge is 0.347 e. The normalized spacial score (nSPS) is 16.0. The molecule has 1 aromatic carbocycles. The second-order valence-electron chi connectivity index (χ2n) is 4.59. The Balaban J connectivity index is 1.72. The van der Waals surface area contributed by atoms with Gasteiger partial charge in [0.25, 0.3) is 0 Å². The third kappa shape index (κ3) is 4.23. The number of para-hydroxylation sites is 1. The highest BCUT2D eigenvalue weighted by molar-refractivity contribution is 7.84. The minimum atomic E-state index is -4.73. The summed E-state index contributed by atoms with van der Waals surface area (Å²) < 4.78 is 34.1. The quantitative estimate of drug-likeness (QED) is 0.741. The van der Waals surface area contributed by atoms with Crippen LogP contribution in [0.2, 0.25) is 0 Å². The molecule has 1 heterocycles. The van der Waals surface area contributed by atoms with Crippen LogP contribution in [-0.4, -0.2) is 44.2 Å². The molecule has 21 heavy (non-hydrogen) atoms. The molecular weight excluding hydrogens is 301 g/mol. The van der Waals surface area contributed by atoms with Gasteiger partial charge in [-0.25, -0.2) is 0 Å². The zero-order chi connectivity index (χ0) is 15.5. The molecule has 0 bridgehead atoms. The predicted molar refractivity (Wildman–Crippen MR) is 73.2 cm³/mol. The van der Waals surface area contributed by atoms with Crippen molar-refractivity contribution in [1.82, 2.24) is 9.62 Å². The van der Waals surface area contributed by atoms with Crippen molar-refractivity contribution < 1.29 is 21.9 Å². The molecule has 0 aromatic heterocycles. The average molecular weight is 315 g/mol. The molecule has 0 unspecified atom stereocenters. The number of anilines is 1. The van der Waals surface area contributed by atoms with Gasteiger partial charge >= 0.3 is 10.4 Å². The Bertz CT molecular complexity index is 629. The Labute approximate surface area is 121 Å². The van der Waals surface area contributed by atoms with Crippen LogP contribution in [0.5, 0.6) is 0 Å². The first kappa shape index (κ1) is 15.4. The van der Waals surface area contributed by atoms with Crippen LogP contribution in [0.15, 0.2) is 30.3 Å². The second-order valence-corrected chi connectivity index (χ2v) is 5.93. The van der Waals surface area contributed by atoms with E-state index in [9.17, 15) is 21.9 Å². The number of nitrogens with zero attached hydrogens (tertiary/aromatic N) is 1. The Morgan fingerprint density at radius 2 is 1.86 bits per heavy atom. The minimum absolute atomic E-state index is 0.203. The molecule has 114 valence electrons. The number of hydrogen-bond acceptors (Lipinski definition) is 4. The molecule has 1 saturated heterocycles. The molecule has 2 N–H and O–H groups in total. The highest BCUT2D eigenvalue weighted by atomic mass is 32.3. The van der Waals surface area contributed by atoms with Gasteiger partial charge in [-0.3, -0.25) is 9.59 Å². The van der Waals surface area contributed by atoms with E-state index in [-0.39, 0.29) is 19.6 Å². The second kappa shape index (κ2) is 6.19. The number of carbonyl (C=O) groups excluding carboxylic acids is 2. The number of benzene rings is 1. The van der Waals surface area contributed by atoms with E-state index in [1.807, 2.05) is 0 Å². The number of nitrogens with one attached hydrogen (secondary N) is 2. The number of carbonyl (C=O) groups is 2. The molecule has 1 aliphatic rings. The molecule has 0 spiro atoms. The highest BCUT2D eigenvalue weighted by Gasteiger charge is 2.39. The maximum atomic E-state index is 12.5. The summed E-state index contributed by atoms with van der Waals surface area (Å²) >= 11 is 0. The van der Waals surface area contributed by atoms with Crippen molar-refractivity contribution in [1.29, 1.82) is 0 Å². The topological polar surface area (TPSA) is 95.6 Å². The van der Waals surface area contributed by atoms with Crippen molar-refractivity contribution in [3.8, 4) is 0 Å². The fourth-order valence-electron chi connectivity index (χ4n) is 1.82. The first-order chi connectivity index (χ1) is 9.86. The molecule has 1 aliphatic heterocycles. The van der Waals surface area contributed by atoms with E-state index in [0.29, 0.717) is 9.99 Å². The molecule has 2 amide bonds. The number of rotatable bonds is 5. The molecule has 9 heteroatoms. The lowest BCUT2D eigenvalue weighted by Crippen LogP contribution is -2.55. The number of hydrogen-bond donors (Lipinski definition) is 2. The molecule has 0 atom stereocenters. The summed E-state index contributed by atoms with van der Waals surface area (Å²) in [6.07, 6.45) is 0. The zero-order valence-electron chi connectivity index (χ0n) is 11.0. The average Bonchev–Trinajstić information content (AvgIpc) is 2.34. The van der Waals surface area contributed by atoms with Gasteiger partial charge in [-0.15, -0.1) is 0 Å². The summed E-state index contributed by atoms with van der Waals surface area (Å²) in [4.78, 5) is 23.2. The van der Waals surface area contributed by atoms with Crippen molar-refractivity contribution >= 4 is 27.9 Å². The molecular formula is C12H14FN3O4S. The fraction of sp³-hybridized carbons (Fsp3) is 0.333. The van der Waals surface area contributed by atoms with Gasteiger partial charge in [0.1, 0.15) is 0 Å². The van der Waals surface area contributed by atoms with Crippen LogP contribution in [0.1, 0.15) is 0 Å². The summed E-state index contributed by atoms with van der Waals surface area (Å²) in [5, 5.41) is 4.97. The van der Waals surface area contributed by atoms with Gasteiger partial charge in [0.15, 0.2) is 0 Å². The largest absolute Gasteiger partial charge is 0.374 e. The maximum absolute atomic E-state index is 12.5. The van der Waals surface area contributed by atoms with Crippen molar-refractivity contribution in [3.63, 3.8) is 0 Å². The number of halogens is 1. The summed E-state index contributed by atoms with van der Waals surface area (Å²) in [6, 6.07) is 8.73. The molecule has 0 aliphatic carbocycles. The van der Waals surface area contributed by atoms with Crippen LogP contribution in [0.3, 0.4) is 0 Å². The van der Waals surface area contributed by atoms with Crippen LogP contribution in [0.25, 0.3) is 0 Å². The van der Waals surface area contributed by atoms with Crippen LogP contribution >= 0.6 is 0 Å². The SMILES string of the molecule is O=C(CNC(=O)C1CN(S(=O)(=O)F)C1)Nc1ccccc1. The Kier molecular flexibility index (Phi) is 4.53. The standard InChI is InChI=1S/C12H14FN3O4S/c13-21(19,20)16-7-9(8-16)12(18)14-6-11(17)15-10-4-2-1-3-5-10/h1-5,9H,6-8H2,(H,14,18)(H,15,17). The monoisotopic (exact) mass is 315 g/mol. The lowest BCUT2D eigenvalue weighted by atomic mass is 10.0. The van der Waals surface area contributed by atoms with Crippen molar-refractivity contribution in [2.45, 2.75) is 0 Å².